The molecule has 26 heavy (non-hydrogen) atoms. The van der Waals surface area contributed by atoms with Gasteiger partial charge in [-0.3, -0.25) is 4.79 Å². The van der Waals surface area contributed by atoms with E-state index in [0.29, 0.717) is 10.8 Å². The number of benzene rings is 2. The minimum atomic E-state index is -0.107. The first-order chi connectivity index (χ1) is 12.6. The molecule has 8 heteroatoms. The summed E-state index contributed by atoms with van der Waals surface area (Å²) in [4.78, 5) is 19.8. The maximum absolute atomic E-state index is 12.1. The molecule has 0 atom stereocenters. The van der Waals surface area contributed by atoms with E-state index in [1.54, 1.807) is 0 Å². The number of fused-ring (bicyclic) bond motifs is 3. The Morgan fingerprint density at radius 3 is 2.96 bits per heavy atom. The Balaban J connectivity index is 1.48. The Bertz CT molecular complexity index is 1130. The fourth-order valence-corrected chi connectivity index (χ4v) is 3.59. The number of aromatic nitrogens is 4. The van der Waals surface area contributed by atoms with Crippen molar-refractivity contribution in [3.05, 3.63) is 52.5 Å². The number of halogens is 1. The molecule has 2 aromatic heterocycles. The molecule has 4 aromatic rings. The quantitative estimate of drug-likeness (QED) is 0.474. The second kappa shape index (κ2) is 7.05. The molecule has 0 aliphatic heterocycles. The minimum Gasteiger partial charge on any atom is -0.338 e. The van der Waals surface area contributed by atoms with Crippen LogP contribution in [0.3, 0.4) is 0 Å². The van der Waals surface area contributed by atoms with Gasteiger partial charge in [0.05, 0.1) is 5.75 Å². The number of carbonyl (C=O) groups excluding carboxylic acids is 1. The van der Waals surface area contributed by atoms with E-state index in [1.165, 1.54) is 11.8 Å². The predicted octanol–water partition coefficient (Wildman–Crippen LogP) is 4.31. The largest absolute Gasteiger partial charge is 0.338 e. The van der Waals surface area contributed by atoms with Crippen molar-refractivity contribution in [1.82, 2.24) is 20.2 Å². The molecule has 0 fully saturated rings. The first-order valence-electron chi connectivity index (χ1n) is 7.89. The van der Waals surface area contributed by atoms with Gasteiger partial charge in [0.1, 0.15) is 5.52 Å². The minimum absolute atomic E-state index is 0.107. The number of nitrogens with one attached hydrogen (secondary N) is 2. The van der Waals surface area contributed by atoms with E-state index in [1.807, 2.05) is 49.4 Å². The molecule has 6 nitrogen and oxygen atoms in total. The number of amides is 1. The zero-order chi connectivity index (χ0) is 18.1. The molecule has 130 valence electrons. The summed E-state index contributed by atoms with van der Waals surface area (Å²) in [6.45, 7) is 1.98. The predicted molar refractivity (Wildman–Crippen MR) is 107 cm³/mol. The number of H-pyrrole nitrogens is 1. The number of thioether (sulfide) groups is 1. The summed E-state index contributed by atoms with van der Waals surface area (Å²) in [6, 6.07) is 13.6. The fourth-order valence-electron chi connectivity index (χ4n) is 2.64. The molecule has 2 N–H and O–H groups in total. The van der Waals surface area contributed by atoms with Crippen LogP contribution in [0.25, 0.3) is 22.1 Å². The Kier molecular flexibility index (Phi) is 4.60. The lowest BCUT2D eigenvalue weighted by atomic mass is 10.2. The van der Waals surface area contributed by atoms with Gasteiger partial charge in [-0.15, -0.1) is 10.2 Å². The van der Waals surface area contributed by atoms with Crippen LogP contribution in [-0.2, 0) is 4.79 Å². The number of aromatic amines is 1. The Morgan fingerprint density at radius 2 is 2.12 bits per heavy atom. The highest BCUT2D eigenvalue weighted by molar-refractivity contribution is 9.10. The van der Waals surface area contributed by atoms with E-state index in [-0.39, 0.29) is 11.7 Å². The van der Waals surface area contributed by atoms with E-state index in [2.05, 4.69) is 41.4 Å². The third kappa shape index (κ3) is 3.56. The number of aryl methyl sites for hydroxylation is 1. The SMILES string of the molecule is Cc1cccc(NC(=O)CSc2nnc3c(n2)[nH]c2ccc(Br)cc23)c1. The van der Waals surface area contributed by atoms with Gasteiger partial charge in [0.2, 0.25) is 11.1 Å². The van der Waals surface area contributed by atoms with Gasteiger partial charge in [0.25, 0.3) is 0 Å². The maximum atomic E-state index is 12.1. The summed E-state index contributed by atoms with van der Waals surface area (Å²) >= 11 is 4.71. The number of hydrogen-bond donors (Lipinski definition) is 2. The number of nitrogens with zero attached hydrogens (tertiary/aromatic N) is 3. The van der Waals surface area contributed by atoms with Gasteiger partial charge in [-0.05, 0) is 42.8 Å². The first kappa shape index (κ1) is 17.0. The molecular weight excluding hydrogens is 414 g/mol. The van der Waals surface area contributed by atoms with Crippen LogP contribution in [0.15, 0.2) is 52.1 Å². The average Bonchev–Trinajstić information content (AvgIpc) is 2.97. The Morgan fingerprint density at radius 1 is 1.23 bits per heavy atom. The van der Waals surface area contributed by atoms with Gasteiger partial charge >= 0.3 is 0 Å². The zero-order valence-electron chi connectivity index (χ0n) is 13.8. The number of hydrogen-bond acceptors (Lipinski definition) is 5. The summed E-state index contributed by atoms with van der Waals surface area (Å²) in [5, 5.41) is 12.7. The van der Waals surface area contributed by atoms with Crippen molar-refractivity contribution in [2.45, 2.75) is 12.1 Å². The Labute approximate surface area is 161 Å². The summed E-state index contributed by atoms with van der Waals surface area (Å²) in [6.07, 6.45) is 0. The van der Waals surface area contributed by atoms with Crippen LogP contribution in [0, 0.1) is 6.92 Å². The smallest absolute Gasteiger partial charge is 0.234 e. The van der Waals surface area contributed by atoms with Crippen molar-refractivity contribution in [3.8, 4) is 0 Å². The number of anilines is 1. The van der Waals surface area contributed by atoms with Crippen molar-refractivity contribution in [2.24, 2.45) is 0 Å². The third-order valence-electron chi connectivity index (χ3n) is 3.79. The Hall–Kier alpha value is -2.45. The molecule has 0 unspecified atom stereocenters. The lowest BCUT2D eigenvalue weighted by molar-refractivity contribution is -0.113. The van der Waals surface area contributed by atoms with Crippen LogP contribution in [0.2, 0.25) is 0 Å². The molecule has 0 saturated carbocycles. The van der Waals surface area contributed by atoms with Crippen molar-refractivity contribution < 1.29 is 4.79 Å². The van der Waals surface area contributed by atoms with Gasteiger partial charge in [-0.2, -0.15) is 0 Å². The molecular formula is C18H14BrN5OS. The summed E-state index contributed by atoms with van der Waals surface area (Å²) in [7, 11) is 0. The molecule has 0 saturated heterocycles. The van der Waals surface area contributed by atoms with Crippen LogP contribution >= 0.6 is 27.7 Å². The molecule has 0 radical (unpaired) electrons. The van der Waals surface area contributed by atoms with Gasteiger partial charge in [-0.1, -0.05) is 39.8 Å². The topological polar surface area (TPSA) is 83.6 Å². The second-order valence-corrected chi connectivity index (χ2v) is 7.67. The highest BCUT2D eigenvalue weighted by Crippen LogP contribution is 2.26. The van der Waals surface area contributed by atoms with E-state index in [4.69, 9.17) is 0 Å². The maximum Gasteiger partial charge on any atom is 0.234 e. The molecule has 2 heterocycles. The standard InChI is InChI=1S/C18H14BrN5OS/c1-10-3-2-4-12(7-10)20-15(25)9-26-18-22-17-16(23-24-18)13-8-11(19)5-6-14(13)21-17/h2-8H,9H2,1H3,(H,20,25)(H,21,22,24). The monoisotopic (exact) mass is 427 g/mol. The second-order valence-electron chi connectivity index (χ2n) is 5.81. The van der Waals surface area contributed by atoms with Crippen LogP contribution in [-0.4, -0.2) is 31.8 Å². The van der Waals surface area contributed by atoms with Gasteiger partial charge < -0.3 is 10.3 Å². The van der Waals surface area contributed by atoms with Crippen LogP contribution < -0.4 is 5.32 Å². The average molecular weight is 428 g/mol. The van der Waals surface area contributed by atoms with Crippen molar-refractivity contribution >= 4 is 61.4 Å². The molecule has 4 rings (SSSR count). The van der Waals surface area contributed by atoms with E-state index < -0.39 is 0 Å². The molecule has 2 aromatic carbocycles. The molecule has 0 bridgehead atoms. The highest BCUT2D eigenvalue weighted by Gasteiger charge is 2.11. The molecule has 0 aliphatic rings. The highest BCUT2D eigenvalue weighted by atomic mass is 79.9. The molecule has 1 amide bonds. The lowest BCUT2D eigenvalue weighted by Gasteiger charge is -2.05. The lowest BCUT2D eigenvalue weighted by Crippen LogP contribution is -2.14. The van der Waals surface area contributed by atoms with Gasteiger partial charge in [-0.25, -0.2) is 4.98 Å². The van der Waals surface area contributed by atoms with E-state index in [9.17, 15) is 4.79 Å². The molecule has 0 aliphatic carbocycles. The van der Waals surface area contributed by atoms with E-state index in [0.717, 1.165) is 32.1 Å². The van der Waals surface area contributed by atoms with Crippen LogP contribution in [0.4, 0.5) is 5.69 Å². The summed E-state index contributed by atoms with van der Waals surface area (Å²) in [5.74, 6) is 0.109. The van der Waals surface area contributed by atoms with Crippen LogP contribution in [0.5, 0.6) is 0 Å². The number of carbonyl (C=O) groups is 1. The van der Waals surface area contributed by atoms with Crippen molar-refractivity contribution in [2.75, 3.05) is 11.1 Å². The zero-order valence-corrected chi connectivity index (χ0v) is 16.2. The van der Waals surface area contributed by atoms with E-state index >= 15 is 0 Å². The van der Waals surface area contributed by atoms with Crippen LogP contribution in [0.1, 0.15) is 5.56 Å². The number of rotatable bonds is 4. The van der Waals surface area contributed by atoms with Gasteiger partial charge in [0, 0.05) is 21.1 Å². The van der Waals surface area contributed by atoms with Crippen molar-refractivity contribution in [1.29, 1.82) is 0 Å². The van der Waals surface area contributed by atoms with Crippen molar-refractivity contribution in [3.63, 3.8) is 0 Å². The third-order valence-corrected chi connectivity index (χ3v) is 5.12. The molecule has 0 spiro atoms. The normalized spacial score (nSPS) is 11.2. The summed E-state index contributed by atoms with van der Waals surface area (Å²) in [5.41, 5.74) is 4.21. The summed E-state index contributed by atoms with van der Waals surface area (Å²) < 4.78 is 0.971. The fraction of sp³-hybridized carbons (Fsp3) is 0.111. The van der Waals surface area contributed by atoms with Gasteiger partial charge in [0.15, 0.2) is 5.65 Å². The first-order valence-corrected chi connectivity index (χ1v) is 9.67.